The van der Waals surface area contributed by atoms with Gasteiger partial charge in [-0.2, -0.15) is 0 Å². The van der Waals surface area contributed by atoms with Gasteiger partial charge in [-0.25, -0.2) is 0 Å². The van der Waals surface area contributed by atoms with Crippen LogP contribution in [0.1, 0.15) is 175 Å². The van der Waals surface area contributed by atoms with Crippen LogP contribution in [0, 0.1) is 0 Å². The Hall–Kier alpha value is -4.19. The van der Waals surface area contributed by atoms with E-state index in [2.05, 4.69) is 87.6 Å². The van der Waals surface area contributed by atoms with Crippen molar-refractivity contribution in [2.75, 3.05) is 13.2 Å². The average Bonchev–Trinajstić information content (AvgIpc) is 3.23. The van der Waals surface area contributed by atoms with E-state index in [1.165, 1.54) is 38.5 Å². The molecule has 0 bridgehead atoms. The van der Waals surface area contributed by atoms with E-state index in [4.69, 9.17) is 14.2 Å². The number of unbranched alkanes of at least 4 members (excludes halogenated alkanes) is 12. The zero-order valence-electron chi connectivity index (χ0n) is 37.5. The minimum atomic E-state index is -0.833. The molecule has 0 aliphatic carbocycles. The lowest BCUT2D eigenvalue weighted by molar-refractivity contribution is -0.167. The van der Waals surface area contributed by atoms with Crippen molar-refractivity contribution in [3.05, 3.63) is 122 Å². The second-order valence-electron chi connectivity index (χ2n) is 14.7. The minimum absolute atomic E-state index is 0.127. The van der Waals surface area contributed by atoms with Gasteiger partial charge in [-0.1, -0.05) is 187 Å². The molecule has 0 rings (SSSR count). The SMILES string of the molecule is CC\C=C/C=C\C=C/C=C\C=C/CCCC(=O)OC(COC(=O)CCC/C=C\CCCCCC)COC(=O)CCCCCCCC/C=C\C/C=C\C/C=C\C/C=C\CC. The number of ether oxygens (including phenoxy) is 3. The molecule has 0 spiro atoms. The third-order valence-electron chi connectivity index (χ3n) is 9.06. The molecule has 1 unspecified atom stereocenters. The largest absolute Gasteiger partial charge is 0.462 e. The van der Waals surface area contributed by atoms with Crippen molar-refractivity contribution in [1.82, 2.24) is 0 Å². The zero-order valence-corrected chi connectivity index (χ0v) is 37.5. The molecule has 0 radical (unpaired) electrons. The highest BCUT2D eigenvalue weighted by molar-refractivity contribution is 5.71. The van der Waals surface area contributed by atoms with Crippen LogP contribution in [-0.2, 0) is 28.6 Å². The van der Waals surface area contributed by atoms with Crippen molar-refractivity contribution in [1.29, 1.82) is 0 Å². The summed E-state index contributed by atoms with van der Waals surface area (Å²) in [4.78, 5) is 37.7. The Labute approximate surface area is 361 Å². The van der Waals surface area contributed by atoms with Crippen LogP contribution in [0.5, 0.6) is 0 Å². The number of hydrogen-bond donors (Lipinski definition) is 0. The lowest BCUT2D eigenvalue weighted by Crippen LogP contribution is -2.30. The van der Waals surface area contributed by atoms with Gasteiger partial charge in [-0.3, -0.25) is 14.4 Å². The van der Waals surface area contributed by atoms with E-state index >= 15 is 0 Å². The molecule has 6 heteroatoms. The number of carbonyl (C=O) groups is 3. The van der Waals surface area contributed by atoms with Gasteiger partial charge in [0.05, 0.1) is 0 Å². The predicted molar refractivity (Wildman–Crippen MR) is 251 cm³/mol. The lowest BCUT2D eigenvalue weighted by atomic mass is 10.1. The van der Waals surface area contributed by atoms with Gasteiger partial charge in [0.15, 0.2) is 6.10 Å². The fourth-order valence-corrected chi connectivity index (χ4v) is 5.64. The Bertz CT molecular complexity index is 1300. The van der Waals surface area contributed by atoms with Crippen LogP contribution >= 0.6 is 0 Å². The maximum atomic E-state index is 12.7. The summed E-state index contributed by atoms with van der Waals surface area (Å²) in [6.45, 7) is 6.21. The van der Waals surface area contributed by atoms with Gasteiger partial charge >= 0.3 is 17.9 Å². The number of hydrogen-bond acceptors (Lipinski definition) is 6. The molecule has 0 aromatic rings. The van der Waals surface area contributed by atoms with Crippen molar-refractivity contribution in [3.8, 4) is 0 Å². The molecule has 59 heavy (non-hydrogen) atoms. The summed E-state index contributed by atoms with van der Waals surface area (Å²) in [5.74, 6) is -1.07. The summed E-state index contributed by atoms with van der Waals surface area (Å²) in [5.41, 5.74) is 0. The highest BCUT2D eigenvalue weighted by Gasteiger charge is 2.19. The fraction of sp³-hybridized carbons (Fsp3) is 0.566. The van der Waals surface area contributed by atoms with Crippen molar-refractivity contribution in [2.45, 2.75) is 181 Å². The molecule has 0 aromatic carbocycles. The van der Waals surface area contributed by atoms with E-state index in [0.717, 1.165) is 83.5 Å². The Kier molecular flexibility index (Phi) is 43.2. The monoisotopic (exact) mass is 815 g/mol. The molecule has 0 N–H and O–H groups in total. The standard InChI is InChI=1S/C53H82O6/c1-4-7-10-13-16-19-21-23-24-25-26-27-28-30-31-34-37-40-43-46-52(55)58-49-50(48-57-51(54)45-42-39-36-33-18-15-12-9-6-3)59-53(56)47-44-41-38-35-32-29-22-20-17-14-11-8-5-2/h7-8,10-11,14,16-17,19-20,22-24,26-27,29,32-33,35-36,38,50H,4-6,9,12-13,15,18,21,25,28,30-31,34,37,39-49H2,1-3H3/b10-7-,11-8-,17-14-,19-16-,22-20-,24-23-,27-26-,32-29-,36-33-,38-35-. The van der Waals surface area contributed by atoms with Crippen LogP contribution in [0.3, 0.4) is 0 Å². The number of allylic oxidation sites excluding steroid dienone is 20. The van der Waals surface area contributed by atoms with Crippen LogP contribution in [0.25, 0.3) is 0 Å². The summed E-state index contributed by atoms with van der Waals surface area (Å²) in [6, 6.07) is 0. The lowest BCUT2D eigenvalue weighted by Gasteiger charge is -2.18. The van der Waals surface area contributed by atoms with Crippen molar-refractivity contribution in [2.24, 2.45) is 0 Å². The molecule has 0 saturated heterocycles. The van der Waals surface area contributed by atoms with Gasteiger partial charge in [-0.15, -0.1) is 0 Å². The van der Waals surface area contributed by atoms with Crippen LogP contribution in [0.2, 0.25) is 0 Å². The molecule has 1 atom stereocenters. The van der Waals surface area contributed by atoms with Gasteiger partial charge < -0.3 is 14.2 Å². The van der Waals surface area contributed by atoms with Crippen LogP contribution in [0.4, 0.5) is 0 Å². The quantitative estimate of drug-likeness (QED) is 0.0202. The molecule has 330 valence electrons. The van der Waals surface area contributed by atoms with Gasteiger partial charge in [0.25, 0.3) is 0 Å². The van der Waals surface area contributed by atoms with E-state index in [1.54, 1.807) is 0 Å². The average molecular weight is 815 g/mol. The van der Waals surface area contributed by atoms with Crippen molar-refractivity contribution < 1.29 is 28.6 Å². The Balaban J connectivity index is 4.50. The Morgan fingerprint density at radius 1 is 0.373 bits per heavy atom. The number of carbonyl (C=O) groups excluding carboxylic acids is 3. The summed E-state index contributed by atoms with van der Waals surface area (Å²) >= 11 is 0. The number of rotatable bonds is 39. The van der Waals surface area contributed by atoms with Gasteiger partial charge in [0, 0.05) is 19.3 Å². The first-order valence-electron chi connectivity index (χ1n) is 23.1. The first kappa shape index (κ1) is 54.8. The van der Waals surface area contributed by atoms with Crippen molar-refractivity contribution >= 4 is 17.9 Å². The fourth-order valence-electron chi connectivity index (χ4n) is 5.64. The summed E-state index contributed by atoms with van der Waals surface area (Å²) in [7, 11) is 0. The van der Waals surface area contributed by atoms with E-state index < -0.39 is 12.1 Å². The van der Waals surface area contributed by atoms with E-state index in [1.807, 2.05) is 54.7 Å². The first-order chi connectivity index (χ1) is 29.0. The molecule has 0 aliphatic heterocycles. The van der Waals surface area contributed by atoms with E-state index in [-0.39, 0.29) is 38.0 Å². The molecular formula is C53H82O6. The maximum Gasteiger partial charge on any atom is 0.306 e. The van der Waals surface area contributed by atoms with E-state index in [9.17, 15) is 14.4 Å². The zero-order chi connectivity index (χ0) is 43.0. The third-order valence-corrected chi connectivity index (χ3v) is 9.06. The van der Waals surface area contributed by atoms with Gasteiger partial charge in [0.1, 0.15) is 13.2 Å². The summed E-state index contributed by atoms with van der Waals surface area (Å²) in [6.07, 6.45) is 63.4. The number of esters is 3. The molecule has 6 nitrogen and oxygen atoms in total. The maximum absolute atomic E-state index is 12.7. The van der Waals surface area contributed by atoms with Crippen LogP contribution in [0.15, 0.2) is 122 Å². The smallest absolute Gasteiger partial charge is 0.306 e. The Morgan fingerprint density at radius 2 is 0.763 bits per heavy atom. The second-order valence-corrected chi connectivity index (χ2v) is 14.7. The minimum Gasteiger partial charge on any atom is -0.462 e. The highest BCUT2D eigenvalue weighted by atomic mass is 16.6. The van der Waals surface area contributed by atoms with Crippen molar-refractivity contribution in [3.63, 3.8) is 0 Å². The van der Waals surface area contributed by atoms with Crippen LogP contribution in [-0.4, -0.2) is 37.2 Å². The topological polar surface area (TPSA) is 78.9 Å². The normalized spacial score (nSPS) is 13.2. The summed E-state index contributed by atoms with van der Waals surface area (Å²) < 4.78 is 16.6. The molecule has 0 aromatic heterocycles. The Morgan fingerprint density at radius 3 is 1.32 bits per heavy atom. The second kappa shape index (κ2) is 46.5. The molecule has 0 saturated carbocycles. The predicted octanol–water partition coefficient (Wildman–Crippen LogP) is 15.0. The molecule has 0 amide bonds. The molecule has 0 aliphatic rings. The molecule has 0 heterocycles. The van der Waals surface area contributed by atoms with Crippen LogP contribution < -0.4 is 0 Å². The highest BCUT2D eigenvalue weighted by Crippen LogP contribution is 2.11. The van der Waals surface area contributed by atoms with Gasteiger partial charge in [-0.05, 0) is 89.9 Å². The third kappa shape index (κ3) is 44.8. The summed E-state index contributed by atoms with van der Waals surface area (Å²) in [5, 5.41) is 0. The van der Waals surface area contributed by atoms with E-state index in [0.29, 0.717) is 19.3 Å². The van der Waals surface area contributed by atoms with Gasteiger partial charge in [0.2, 0.25) is 0 Å². The first-order valence-corrected chi connectivity index (χ1v) is 23.1. The molecule has 0 fully saturated rings. The molecular weight excluding hydrogens is 733 g/mol.